The van der Waals surface area contributed by atoms with Crippen LogP contribution in [-0.2, 0) is 9.53 Å². The Labute approximate surface area is 114 Å². The maximum Gasteiger partial charge on any atom is 1.00 e. The second-order valence-corrected chi connectivity index (χ2v) is 1.79. The molecule has 0 amide bonds. The fourth-order valence-corrected chi connectivity index (χ4v) is 0.401. The number of hydrogen-bond donors (Lipinski definition) is 0. The van der Waals surface area contributed by atoms with Gasteiger partial charge in [0.25, 0.3) is 0 Å². The summed E-state index contributed by atoms with van der Waals surface area (Å²) in [5.74, 6) is -1.83. The molecule has 0 N–H and O–H groups in total. The molecule has 0 heterocycles. The molecule has 0 aromatic heterocycles. The number of nitrogens with zero attached hydrogens (tertiary/aromatic N) is 1. The minimum absolute atomic E-state index is 0. The van der Waals surface area contributed by atoms with E-state index in [-0.39, 0.29) is 63.6 Å². The summed E-state index contributed by atoms with van der Waals surface area (Å²) >= 11 is 0. The molecule has 0 saturated heterocycles. The van der Waals surface area contributed by atoms with Crippen molar-refractivity contribution in [3.8, 4) is 6.07 Å². The summed E-state index contributed by atoms with van der Waals surface area (Å²) < 4.78 is 4.37. The van der Waals surface area contributed by atoms with E-state index in [4.69, 9.17) is 5.26 Å². The molecule has 0 spiro atoms. The second kappa shape index (κ2) is 7.77. The third-order valence-corrected chi connectivity index (χ3v) is 0.969. The van der Waals surface area contributed by atoms with Crippen LogP contribution in [0.3, 0.4) is 0 Å². The molecule has 0 aromatic carbocycles. The first kappa shape index (κ1) is 14.6. The van der Waals surface area contributed by atoms with Crippen molar-refractivity contribution >= 4 is 5.97 Å². The van der Waals surface area contributed by atoms with Crippen LogP contribution < -0.4 is 56.5 Å². The molecule has 0 unspecified atom stereocenters. The average molecular weight is 193 g/mol. The molecule has 0 aliphatic heterocycles. The van der Waals surface area contributed by atoms with Gasteiger partial charge >= 0.3 is 57.4 Å². The molecule has 0 atom stereocenters. The van der Waals surface area contributed by atoms with Crippen molar-refractivity contribution < 1.29 is 66.0 Å². The number of hydrogen-bond acceptors (Lipinski definition) is 4. The zero-order valence-corrected chi connectivity index (χ0v) is 10.5. The van der Waals surface area contributed by atoms with Gasteiger partial charge in [0.15, 0.2) is 0 Å². The minimum Gasteiger partial charge on any atom is -0.867 e. The first-order valence-corrected chi connectivity index (χ1v) is 3.08. The smallest absolute Gasteiger partial charge is 0.867 e. The number of esters is 1. The van der Waals surface area contributed by atoms with E-state index in [2.05, 4.69) is 4.74 Å². The topological polar surface area (TPSA) is 73.2 Å². The Bertz CT molecular complexity index is 229. The van der Waals surface area contributed by atoms with E-state index in [9.17, 15) is 9.90 Å². The molecule has 0 bridgehead atoms. The molecular formula is C7H8KNO3. The van der Waals surface area contributed by atoms with Gasteiger partial charge < -0.3 is 9.84 Å². The average Bonchev–Trinajstić information content (AvgIpc) is 2.02. The van der Waals surface area contributed by atoms with Crippen LogP contribution in [0.15, 0.2) is 11.3 Å². The predicted molar refractivity (Wildman–Crippen MR) is 34.9 cm³/mol. The van der Waals surface area contributed by atoms with Gasteiger partial charge in [0.1, 0.15) is 0 Å². The van der Waals surface area contributed by atoms with E-state index < -0.39 is 11.7 Å². The molecule has 0 radical (unpaired) electrons. The van der Waals surface area contributed by atoms with Gasteiger partial charge in [0, 0.05) is 5.57 Å². The van der Waals surface area contributed by atoms with Gasteiger partial charge in [-0.1, -0.05) is 0 Å². The van der Waals surface area contributed by atoms with Gasteiger partial charge in [-0.3, -0.25) is 0 Å². The summed E-state index contributed by atoms with van der Waals surface area (Å²) in [6.07, 6.45) is 0. The van der Waals surface area contributed by atoms with Crippen molar-refractivity contribution in [3.05, 3.63) is 11.3 Å². The number of allylic oxidation sites excluding steroid dienone is 1. The van der Waals surface area contributed by atoms with Gasteiger partial charge in [-0.05, 0) is 19.6 Å². The van der Waals surface area contributed by atoms with Crippen LogP contribution in [0.1, 0.15) is 13.8 Å². The van der Waals surface area contributed by atoms with E-state index in [1.165, 1.54) is 6.92 Å². The molecule has 4 nitrogen and oxygen atoms in total. The van der Waals surface area contributed by atoms with E-state index in [1.807, 2.05) is 0 Å². The van der Waals surface area contributed by atoms with Crippen molar-refractivity contribution in [1.29, 1.82) is 5.26 Å². The maximum atomic E-state index is 10.7. The SMILES string of the molecule is CCOC(=O)/C([O-])=C(\C)C#N.[K+]. The summed E-state index contributed by atoms with van der Waals surface area (Å²) in [6.45, 7) is 3.01. The van der Waals surface area contributed by atoms with Gasteiger partial charge in [0.2, 0.25) is 0 Å². The van der Waals surface area contributed by atoms with Crippen LogP contribution in [-0.4, -0.2) is 12.6 Å². The third-order valence-electron chi connectivity index (χ3n) is 0.969. The second-order valence-electron chi connectivity index (χ2n) is 1.79. The predicted octanol–water partition coefficient (Wildman–Crippen LogP) is -3.29. The molecule has 12 heavy (non-hydrogen) atoms. The molecule has 0 saturated carbocycles. The molecule has 0 aliphatic carbocycles. The number of carbonyl (C=O) groups is 1. The number of rotatable bonds is 2. The molecule has 5 heteroatoms. The minimum atomic E-state index is -0.966. The third kappa shape index (κ3) is 4.90. The van der Waals surface area contributed by atoms with Gasteiger partial charge in [0.05, 0.1) is 12.7 Å². The van der Waals surface area contributed by atoms with E-state index in [0.717, 1.165) is 0 Å². The largest absolute Gasteiger partial charge is 1.00 e. The number of ether oxygens (including phenoxy) is 1. The van der Waals surface area contributed by atoms with Crippen LogP contribution in [0.2, 0.25) is 0 Å². The van der Waals surface area contributed by atoms with Crippen molar-refractivity contribution in [1.82, 2.24) is 0 Å². The van der Waals surface area contributed by atoms with Crippen LogP contribution in [0.25, 0.3) is 0 Å². The van der Waals surface area contributed by atoms with Crippen molar-refractivity contribution in [2.45, 2.75) is 13.8 Å². The summed E-state index contributed by atoms with van der Waals surface area (Å²) in [4.78, 5) is 10.6. The van der Waals surface area contributed by atoms with Gasteiger partial charge in [-0.2, -0.15) is 5.26 Å². The number of nitriles is 1. The van der Waals surface area contributed by atoms with E-state index in [1.54, 1.807) is 13.0 Å². The first-order valence-electron chi connectivity index (χ1n) is 3.08. The summed E-state index contributed by atoms with van der Waals surface area (Å²) in [7, 11) is 0. The normalized spacial score (nSPS) is 10.4. The maximum absolute atomic E-state index is 10.7. The molecule has 0 fully saturated rings. The van der Waals surface area contributed by atoms with Crippen LogP contribution in [0.4, 0.5) is 0 Å². The van der Waals surface area contributed by atoms with Crippen molar-refractivity contribution in [2.24, 2.45) is 0 Å². The number of carbonyl (C=O) groups excluding carboxylic acids is 1. The van der Waals surface area contributed by atoms with Crippen LogP contribution in [0.5, 0.6) is 0 Å². The molecule has 60 valence electrons. The first-order chi connectivity index (χ1) is 5.13. The monoisotopic (exact) mass is 193 g/mol. The van der Waals surface area contributed by atoms with Crippen molar-refractivity contribution in [3.63, 3.8) is 0 Å². The molecule has 0 aliphatic rings. The van der Waals surface area contributed by atoms with Gasteiger partial charge in [-0.25, -0.2) is 4.79 Å². The van der Waals surface area contributed by atoms with E-state index >= 15 is 0 Å². The van der Waals surface area contributed by atoms with E-state index in [0.29, 0.717) is 0 Å². The Morgan fingerprint density at radius 1 is 1.67 bits per heavy atom. The van der Waals surface area contributed by atoms with Crippen LogP contribution in [0, 0.1) is 11.3 Å². The Hall–Kier alpha value is 0.136. The Kier molecular flexibility index (Phi) is 9.48. The summed E-state index contributed by atoms with van der Waals surface area (Å²) in [5, 5.41) is 18.9. The molecular weight excluding hydrogens is 185 g/mol. The summed E-state index contributed by atoms with van der Waals surface area (Å²) in [6, 6.07) is 1.57. The summed E-state index contributed by atoms with van der Waals surface area (Å²) in [5.41, 5.74) is -0.150. The fraction of sp³-hybridized carbons (Fsp3) is 0.429. The Morgan fingerprint density at radius 2 is 2.17 bits per heavy atom. The quantitative estimate of drug-likeness (QED) is 0.151. The molecule has 0 rings (SSSR count). The molecule has 0 aromatic rings. The van der Waals surface area contributed by atoms with Crippen LogP contribution >= 0.6 is 0 Å². The Morgan fingerprint density at radius 3 is 2.50 bits per heavy atom. The zero-order chi connectivity index (χ0) is 8.85. The standard InChI is InChI=1S/C7H9NO3.K/c1-3-11-7(10)6(9)5(2)4-8;/h9H,3H2,1-2H3;/q;+1/p-1/b6-5-;. The van der Waals surface area contributed by atoms with Gasteiger partial charge in [-0.15, -0.1) is 0 Å². The zero-order valence-electron chi connectivity index (χ0n) is 7.38. The van der Waals surface area contributed by atoms with Crippen molar-refractivity contribution in [2.75, 3.05) is 6.61 Å². The Balaban J connectivity index is 0. The fourth-order valence-electron chi connectivity index (χ4n) is 0.401.